The number of aromatic nitrogens is 2. The molecule has 0 aliphatic carbocycles. The van der Waals surface area contributed by atoms with Crippen LogP contribution in [0.2, 0.25) is 5.02 Å². The Morgan fingerprint density at radius 3 is 2.38 bits per heavy atom. The molecule has 0 spiro atoms. The lowest BCUT2D eigenvalue weighted by Gasteiger charge is -2.05. The highest BCUT2D eigenvalue weighted by Gasteiger charge is 2.13. The van der Waals surface area contributed by atoms with E-state index in [4.69, 9.17) is 11.6 Å². The van der Waals surface area contributed by atoms with Gasteiger partial charge in [0.25, 0.3) is 0 Å². The summed E-state index contributed by atoms with van der Waals surface area (Å²) < 4.78 is 0.657. The number of ketones is 1. The van der Waals surface area contributed by atoms with Crippen molar-refractivity contribution in [2.24, 2.45) is 0 Å². The maximum Gasteiger partial charge on any atom is 0.323 e. The van der Waals surface area contributed by atoms with Gasteiger partial charge in [0.15, 0.2) is 5.78 Å². The smallest absolute Gasteiger partial charge is 0.306 e. The molecule has 0 saturated heterocycles. The van der Waals surface area contributed by atoms with Gasteiger partial charge in [-0.3, -0.25) is 4.79 Å². The number of hydrogen-bond donors (Lipinski definition) is 2. The van der Waals surface area contributed by atoms with E-state index >= 15 is 0 Å². The number of rotatable bonds is 3. The van der Waals surface area contributed by atoms with E-state index in [0.717, 1.165) is 5.56 Å². The molecule has 2 N–H and O–H groups in total. The van der Waals surface area contributed by atoms with E-state index in [1.165, 1.54) is 0 Å². The SMILES string of the molecule is O=C(Cc1ccc(Cl)cc1)c1cc2[nH]c(=O)[nH]c2cc1Br. The first kappa shape index (κ1) is 14.1. The molecule has 21 heavy (non-hydrogen) atoms. The molecule has 1 heterocycles. The summed E-state index contributed by atoms with van der Waals surface area (Å²) in [4.78, 5) is 29.0. The van der Waals surface area contributed by atoms with E-state index in [0.29, 0.717) is 26.1 Å². The van der Waals surface area contributed by atoms with E-state index in [9.17, 15) is 9.59 Å². The number of imidazole rings is 1. The Balaban J connectivity index is 1.95. The molecule has 0 atom stereocenters. The number of halogens is 2. The molecule has 2 aromatic carbocycles. The van der Waals surface area contributed by atoms with Gasteiger partial charge < -0.3 is 9.97 Å². The molecule has 0 bridgehead atoms. The number of carbonyl (C=O) groups is 1. The summed E-state index contributed by atoms with van der Waals surface area (Å²) in [6.45, 7) is 0. The van der Waals surface area contributed by atoms with Gasteiger partial charge in [-0.15, -0.1) is 0 Å². The number of nitrogens with one attached hydrogen (secondary N) is 2. The number of aromatic amines is 2. The van der Waals surface area contributed by atoms with Gasteiger partial charge in [-0.2, -0.15) is 0 Å². The highest BCUT2D eigenvalue weighted by Crippen LogP contribution is 2.23. The van der Waals surface area contributed by atoms with Crippen LogP contribution in [-0.4, -0.2) is 15.8 Å². The second kappa shape index (κ2) is 5.50. The van der Waals surface area contributed by atoms with Crippen LogP contribution in [0.15, 0.2) is 45.7 Å². The van der Waals surface area contributed by atoms with E-state index < -0.39 is 0 Å². The maximum absolute atomic E-state index is 12.4. The van der Waals surface area contributed by atoms with Crippen LogP contribution in [0.3, 0.4) is 0 Å². The standard InChI is InChI=1S/C15H10BrClN2O2/c16-11-7-13-12(18-15(21)19-13)6-10(11)14(20)5-8-1-3-9(17)4-2-8/h1-4,6-7H,5H2,(H2,18,19,21). The number of Topliss-reactive ketones (excluding diaryl/α,β-unsaturated/α-hetero) is 1. The van der Waals surface area contributed by atoms with Crippen molar-refractivity contribution < 1.29 is 4.79 Å². The van der Waals surface area contributed by atoms with Crippen molar-refractivity contribution in [2.75, 3.05) is 0 Å². The first-order chi connectivity index (χ1) is 10.0. The Morgan fingerprint density at radius 2 is 1.71 bits per heavy atom. The Hall–Kier alpha value is -1.85. The van der Waals surface area contributed by atoms with E-state index in [1.54, 1.807) is 24.3 Å². The normalized spacial score (nSPS) is 11.0. The molecule has 0 saturated carbocycles. The van der Waals surface area contributed by atoms with Crippen LogP contribution in [0.4, 0.5) is 0 Å². The van der Waals surface area contributed by atoms with Crippen LogP contribution in [0.5, 0.6) is 0 Å². The molecule has 0 aliphatic heterocycles. The van der Waals surface area contributed by atoms with Crippen LogP contribution in [-0.2, 0) is 6.42 Å². The molecule has 0 unspecified atom stereocenters. The van der Waals surface area contributed by atoms with Crippen molar-refractivity contribution in [1.29, 1.82) is 0 Å². The molecule has 0 amide bonds. The van der Waals surface area contributed by atoms with Gasteiger partial charge in [-0.05, 0) is 45.8 Å². The summed E-state index contributed by atoms with van der Waals surface area (Å²) >= 11 is 9.20. The summed E-state index contributed by atoms with van der Waals surface area (Å²) in [5, 5.41) is 0.638. The van der Waals surface area contributed by atoms with Gasteiger partial charge in [0, 0.05) is 21.5 Å². The molecule has 1 aromatic heterocycles. The van der Waals surface area contributed by atoms with E-state index in [-0.39, 0.29) is 17.9 Å². The quantitative estimate of drug-likeness (QED) is 0.695. The average molecular weight is 366 g/mol. The molecular formula is C15H10BrClN2O2. The van der Waals surface area contributed by atoms with Crippen LogP contribution >= 0.6 is 27.5 Å². The highest BCUT2D eigenvalue weighted by atomic mass is 79.9. The number of fused-ring (bicyclic) bond motifs is 1. The Bertz CT molecular complexity index is 881. The molecular weight excluding hydrogens is 356 g/mol. The third-order valence-corrected chi connectivity index (χ3v) is 4.09. The highest BCUT2D eigenvalue weighted by molar-refractivity contribution is 9.10. The minimum absolute atomic E-state index is 0.0341. The fourth-order valence-corrected chi connectivity index (χ4v) is 2.84. The van der Waals surface area contributed by atoms with E-state index in [2.05, 4.69) is 25.9 Å². The predicted molar refractivity (Wildman–Crippen MR) is 86.1 cm³/mol. The van der Waals surface area contributed by atoms with Crippen molar-refractivity contribution in [1.82, 2.24) is 9.97 Å². The van der Waals surface area contributed by atoms with Crippen molar-refractivity contribution in [3.05, 3.63) is 67.5 Å². The lowest BCUT2D eigenvalue weighted by Crippen LogP contribution is -2.04. The number of carbonyl (C=O) groups excluding carboxylic acids is 1. The number of benzene rings is 2. The minimum Gasteiger partial charge on any atom is -0.306 e. The molecule has 106 valence electrons. The minimum atomic E-state index is -0.292. The van der Waals surface area contributed by atoms with Gasteiger partial charge in [0.1, 0.15) is 0 Å². The number of H-pyrrole nitrogens is 2. The van der Waals surface area contributed by atoms with Crippen molar-refractivity contribution in [2.45, 2.75) is 6.42 Å². The average Bonchev–Trinajstić information content (AvgIpc) is 2.79. The molecule has 4 nitrogen and oxygen atoms in total. The monoisotopic (exact) mass is 364 g/mol. The molecule has 0 fully saturated rings. The molecule has 3 rings (SSSR count). The van der Waals surface area contributed by atoms with Gasteiger partial charge >= 0.3 is 5.69 Å². The van der Waals surface area contributed by atoms with Crippen LogP contribution in [0.1, 0.15) is 15.9 Å². The zero-order valence-electron chi connectivity index (χ0n) is 10.7. The van der Waals surface area contributed by atoms with Gasteiger partial charge in [-0.25, -0.2) is 4.79 Å². The first-order valence-corrected chi connectivity index (χ1v) is 7.39. The fourth-order valence-electron chi connectivity index (χ4n) is 2.15. The van der Waals surface area contributed by atoms with Gasteiger partial charge in [0.2, 0.25) is 0 Å². The summed E-state index contributed by atoms with van der Waals surface area (Å²) in [7, 11) is 0. The molecule has 6 heteroatoms. The number of hydrogen-bond acceptors (Lipinski definition) is 2. The van der Waals surface area contributed by atoms with Crippen molar-refractivity contribution in [3.63, 3.8) is 0 Å². The summed E-state index contributed by atoms with van der Waals surface area (Å²) in [6.07, 6.45) is 0.274. The lowest BCUT2D eigenvalue weighted by molar-refractivity contribution is 0.0992. The topological polar surface area (TPSA) is 65.7 Å². The fraction of sp³-hybridized carbons (Fsp3) is 0.0667. The molecule has 3 aromatic rings. The molecule has 0 aliphatic rings. The zero-order valence-corrected chi connectivity index (χ0v) is 13.1. The lowest BCUT2D eigenvalue weighted by atomic mass is 10.0. The largest absolute Gasteiger partial charge is 0.323 e. The summed E-state index contributed by atoms with van der Waals surface area (Å²) in [6, 6.07) is 10.6. The Kier molecular flexibility index (Phi) is 3.69. The van der Waals surface area contributed by atoms with Crippen molar-refractivity contribution in [3.8, 4) is 0 Å². The van der Waals surface area contributed by atoms with Crippen LogP contribution < -0.4 is 5.69 Å². The summed E-state index contributed by atoms with van der Waals surface area (Å²) in [5.41, 5.74) is 2.41. The third kappa shape index (κ3) is 2.94. The zero-order chi connectivity index (χ0) is 15.0. The second-order valence-corrected chi connectivity index (χ2v) is 5.97. The summed E-state index contributed by atoms with van der Waals surface area (Å²) in [5.74, 6) is -0.0341. The van der Waals surface area contributed by atoms with Gasteiger partial charge in [-0.1, -0.05) is 23.7 Å². The van der Waals surface area contributed by atoms with E-state index in [1.807, 2.05) is 12.1 Å². The molecule has 0 radical (unpaired) electrons. The Labute approximate surface area is 133 Å². The third-order valence-electron chi connectivity index (χ3n) is 3.18. The first-order valence-electron chi connectivity index (χ1n) is 6.22. The second-order valence-electron chi connectivity index (χ2n) is 4.68. The van der Waals surface area contributed by atoms with Gasteiger partial charge in [0.05, 0.1) is 11.0 Å². The predicted octanol–water partition coefficient (Wildman–Crippen LogP) is 3.70. The maximum atomic E-state index is 12.4. The Morgan fingerprint density at radius 1 is 1.10 bits per heavy atom. The van der Waals surface area contributed by atoms with Crippen molar-refractivity contribution >= 4 is 44.3 Å². The van der Waals surface area contributed by atoms with Crippen LogP contribution in [0.25, 0.3) is 11.0 Å². The van der Waals surface area contributed by atoms with Crippen LogP contribution in [0, 0.1) is 0 Å².